The number of nitrogens with two attached hydrogens (primary N) is 1. The molecule has 0 amide bonds. The van der Waals surface area contributed by atoms with Gasteiger partial charge in [0.05, 0.1) is 6.61 Å². The van der Waals surface area contributed by atoms with Crippen molar-refractivity contribution in [3.63, 3.8) is 0 Å². The number of likely N-dealkylation sites (tertiary alicyclic amines) is 2. The fourth-order valence-corrected chi connectivity index (χ4v) is 4.01. The first-order valence-electron chi connectivity index (χ1n) is 8.06. The minimum atomic E-state index is 0.247. The summed E-state index contributed by atoms with van der Waals surface area (Å²) in [7, 11) is 0. The van der Waals surface area contributed by atoms with Crippen LogP contribution in [-0.4, -0.2) is 68.3 Å². The molecule has 19 heavy (non-hydrogen) atoms. The molecule has 0 aliphatic carbocycles. The van der Waals surface area contributed by atoms with Crippen molar-refractivity contribution in [2.24, 2.45) is 11.1 Å². The number of hydrogen-bond donors (Lipinski definition) is 1. The van der Waals surface area contributed by atoms with E-state index in [1.165, 1.54) is 51.9 Å². The fourth-order valence-electron chi connectivity index (χ4n) is 4.01. The molecule has 110 valence electrons. The predicted octanol–water partition coefficient (Wildman–Crippen LogP) is 0.912. The van der Waals surface area contributed by atoms with Crippen molar-refractivity contribution in [3.05, 3.63) is 0 Å². The Bertz CT molecular complexity index is 285. The summed E-state index contributed by atoms with van der Waals surface area (Å²) in [6, 6.07) is 0.803. The Hall–Kier alpha value is -0.160. The molecule has 0 aromatic rings. The Balaban J connectivity index is 1.51. The van der Waals surface area contributed by atoms with Crippen LogP contribution in [0.3, 0.4) is 0 Å². The van der Waals surface area contributed by atoms with Crippen LogP contribution in [-0.2, 0) is 4.74 Å². The van der Waals surface area contributed by atoms with Crippen molar-refractivity contribution in [1.29, 1.82) is 0 Å². The largest absolute Gasteiger partial charge is 0.381 e. The van der Waals surface area contributed by atoms with Gasteiger partial charge in [0, 0.05) is 37.7 Å². The van der Waals surface area contributed by atoms with Gasteiger partial charge in [-0.2, -0.15) is 0 Å². The number of rotatable bonds is 4. The lowest BCUT2D eigenvalue weighted by atomic mass is 9.87. The molecule has 3 fully saturated rings. The highest BCUT2D eigenvalue weighted by Crippen LogP contribution is 2.30. The lowest BCUT2D eigenvalue weighted by molar-refractivity contribution is 0.115. The smallest absolute Gasteiger partial charge is 0.0547 e. The first-order chi connectivity index (χ1) is 9.31. The van der Waals surface area contributed by atoms with Crippen molar-refractivity contribution in [2.75, 3.05) is 52.5 Å². The summed E-state index contributed by atoms with van der Waals surface area (Å²) in [6.45, 7) is 8.85. The van der Waals surface area contributed by atoms with E-state index in [-0.39, 0.29) is 5.41 Å². The van der Waals surface area contributed by atoms with Crippen molar-refractivity contribution in [3.8, 4) is 0 Å². The lowest BCUT2D eigenvalue weighted by Gasteiger charge is -2.34. The van der Waals surface area contributed by atoms with E-state index >= 15 is 0 Å². The van der Waals surface area contributed by atoms with Gasteiger partial charge >= 0.3 is 0 Å². The van der Waals surface area contributed by atoms with Gasteiger partial charge in [0.1, 0.15) is 0 Å². The van der Waals surface area contributed by atoms with Crippen LogP contribution in [0.15, 0.2) is 0 Å². The second kappa shape index (κ2) is 6.08. The molecule has 3 rings (SSSR count). The lowest BCUT2D eigenvalue weighted by Crippen LogP contribution is -2.45. The standard InChI is InChI=1S/C15H29N3O/c16-11-15(5-9-19-13-15)12-17-8-4-14(10-17)18-6-2-1-3-7-18/h14H,1-13,16H2. The Kier molecular flexibility index (Phi) is 4.42. The van der Waals surface area contributed by atoms with E-state index in [4.69, 9.17) is 10.5 Å². The van der Waals surface area contributed by atoms with Crippen LogP contribution in [0.2, 0.25) is 0 Å². The summed E-state index contributed by atoms with van der Waals surface area (Å²) in [5.74, 6) is 0. The molecular formula is C15H29N3O. The maximum atomic E-state index is 6.01. The molecule has 3 heterocycles. The monoisotopic (exact) mass is 267 g/mol. The van der Waals surface area contributed by atoms with Gasteiger partial charge in [0.25, 0.3) is 0 Å². The number of nitrogens with zero attached hydrogens (tertiary/aromatic N) is 2. The Labute approximate surface area is 117 Å². The third-order valence-electron chi connectivity index (χ3n) is 5.33. The van der Waals surface area contributed by atoms with Crippen molar-refractivity contribution in [2.45, 2.75) is 38.1 Å². The Morgan fingerprint density at radius 3 is 2.68 bits per heavy atom. The molecule has 0 radical (unpaired) electrons. The molecule has 0 aromatic carbocycles. The van der Waals surface area contributed by atoms with E-state index in [0.717, 1.165) is 38.8 Å². The molecule has 0 aromatic heterocycles. The van der Waals surface area contributed by atoms with Crippen LogP contribution in [0.1, 0.15) is 32.1 Å². The molecule has 3 saturated heterocycles. The van der Waals surface area contributed by atoms with Gasteiger partial charge < -0.3 is 15.4 Å². The van der Waals surface area contributed by atoms with Gasteiger partial charge in [-0.1, -0.05) is 6.42 Å². The minimum Gasteiger partial charge on any atom is -0.381 e. The number of ether oxygens (including phenoxy) is 1. The first-order valence-corrected chi connectivity index (χ1v) is 8.06. The highest BCUT2D eigenvalue weighted by Gasteiger charge is 2.38. The number of piperidine rings is 1. The highest BCUT2D eigenvalue weighted by atomic mass is 16.5. The molecule has 0 saturated carbocycles. The summed E-state index contributed by atoms with van der Waals surface area (Å²) in [5, 5.41) is 0. The van der Waals surface area contributed by atoms with E-state index in [1.807, 2.05) is 0 Å². The number of hydrogen-bond acceptors (Lipinski definition) is 4. The molecule has 2 N–H and O–H groups in total. The topological polar surface area (TPSA) is 41.7 Å². The van der Waals surface area contributed by atoms with Gasteiger partial charge in [-0.3, -0.25) is 4.90 Å². The van der Waals surface area contributed by atoms with Crippen molar-refractivity contribution < 1.29 is 4.74 Å². The Morgan fingerprint density at radius 2 is 2.00 bits per heavy atom. The van der Waals surface area contributed by atoms with Crippen LogP contribution < -0.4 is 5.73 Å². The van der Waals surface area contributed by atoms with Gasteiger partial charge in [-0.05, 0) is 45.3 Å². The van der Waals surface area contributed by atoms with Gasteiger partial charge in [-0.25, -0.2) is 0 Å². The first kappa shape index (κ1) is 13.8. The van der Waals surface area contributed by atoms with Gasteiger partial charge in [-0.15, -0.1) is 0 Å². The normalized spacial score (nSPS) is 38.1. The summed E-state index contributed by atoms with van der Waals surface area (Å²) in [5.41, 5.74) is 6.25. The van der Waals surface area contributed by atoms with Crippen molar-refractivity contribution in [1.82, 2.24) is 9.80 Å². The second-order valence-electron chi connectivity index (χ2n) is 6.78. The SMILES string of the molecule is NCC1(CN2CCC(N3CCCCC3)C2)CCOC1. The molecule has 4 nitrogen and oxygen atoms in total. The summed E-state index contributed by atoms with van der Waals surface area (Å²) in [6.07, 6.45) is 6.73. The molecular weight excluding hydrogens is 238 g/mol. The predicted molar refractivity (Wildman–Crippen MR) is 77.2 cm³/mol. The molecule has 3 aliphatic heterocycles. The van der Waals surface area contributed by atoms with E-state index in [0.29, 0.717) is 0 Å². The third kappa shape index (κ3) is 3.13. The van der Waals surface area contributed by atoms with E-state index in [2.05, 4.69) is 9.80 Å². The average molecular weight is 267 g/mol. The highest BCUT2D eigenvalue weighted by molar-refractivity contribution is 4.92. The van der Waals surface area contributed by atoms with E-state index in [9.17, 15) is 0 Å². The average Bonchev–Trinajstić information content (AvgIpc) is 3.10. The zero-order chi connectivity index (χ0) is 13.1. The summed E-state index contributed by atoms with van der Waals surface area (Å²) < 4.78 is 5.59. The van der Waals surface area contributed by atoms with Gasteiger partial charge in [0.15, 0.2) is 0 Å². The van der Waals surface area contributed by atoms with E-state index < -0.39 is 0 Å². The van der Waals surface area contributed by atoms with E-state index in [1.54, 1.807) is 0 Å². The summed E-state index contributed by atoms with van der Waals surface area (Å²) in [4.78, 5) is 5.37. The molecule has 4 heteroatoms. The quantitative estimate of drug-likeness (QED) is 0.822. The molecule has 0 bridgehead atoms. The van der Waals surface area contributed by atoms with Crippen LogP contribution in [0.4, 0.5) is 0 Å². The molecule has 2 atom stereocenters. The zero-order valence-electron chi connectivity index (χ0n) is 12.1. The van der Waals surface area contributed by atoms with Gasteiger partial charge in [0.2, 0.25) is 0 Å². The summed E-state index contributed by atoms with van der Waals surface area (Å²) >= 11 is 0. The van der Waals surface area contributed by atoms with Crippen LogP contribution in [0.5, 0.6) is 0 Å². The maximum Gasteiger partial charge on any atom is 0.0547 e. The van der Waals surface area contributed by atoms with Crippen LogP contribution in [0, 0.1) is 5.41 Å². The zero-order valence-corrected chi connectivity index (χ0v) is 12.1. The molecule has 2 unspecified atom stereocenters. The minimum absolute atomic E-state index is 0.247. The maximum absolute atomic E-state index is 6.01. The molecule has 0 spiro atoms. The Morgan fingerprint density at radius 1 is 1.16 bits per heavy atom. The third-order valence-corrected chi connectivity index (χ3v) is 5.33. The second-order valence-corrected chi connectivity index (χ2v) is 6.78. The van der Waals surface area contributed by atoms with Crippen molar-refractivity contribution >= 4 is 0 Å². The molecule has 3 aliphatic rings. The van der Waals surface area contributed by atoms with Crippen LogP contribution >= 0.6 is 0 Å². The van der Waals surface area contributed by atoms with Crippen LogP contribution in [0.25, 0.3) is 0 Å². The fraction of sp³-hybridized carbons (Fsp3) is 1.00.